The van der Waals surface area contributed by atoms with E-state index in [0.717, 1.165) is 15.6 Å². The first-order chi connectivity index (χ1) is 10.2. The van der Waals surface area contributed by atoms with E-state index in [4.69, 9.17) is 9.47 Å². The average molecular weight is 344 g/mol. The fourth-order valence-electron chi connectivity index (χ4n) is 1.99. The first kappa shape index (κ1) is 15.1. The molecule has 2 aromatic rings. The van der Waals surface area contributed by atoms with Crippen LogP contribution in [0.4, 0.5) is 0 Å². The average Bonchev–Trinajstić information content (AvgIpc) is 2.52. The highest BCUT2D eigenvalue weighted by Gasteiger charge is 2.10. The van der Waals surface area contributed by atoms with E-state index in [1.54, 1.807) is 14.2 Å². The Morgan fingerprint density at radius 2 is 1.86 bits per heavy atom. The molecule has 0 aliphatic carbocycles. The van der Waals surface area contributed by atoms with E-state index in [1.807, 2.05) is 48.5 Å². The molecule has 0 spiro atoms. The van der Waals surface area contributed by atoms with Crippen molar-refractivity contribution in [1.82, 2.24) is 0 Å². The molecule has 0 saturated heterocycles. The summed E-state index contributed by atoms with van der Waals surface area (Å²) in [6, 6.07) is 15.5. The first-order valence-electron chi connectivity index (χ1n) is 6.28. The van der Waals surface area contributed by atoms with Gasteiger partial charge in [0.1, 0.15) is 0 Å². The summed E-state index contributed by atoms with van der Waals surface area (Å²) >= 11 is 3.45. The SMILES string of the molecule is COc1cc(/C=C(/C#N)c2ccccc2)cc(Br)c1OC. The number of ether oxygens (including phenoxy) is 2. The van der Waals surface area contributed by atoms with Crippen molar-refractivity contribution < 1.29 is 9.47 Å². The normalized spacial score (nSPS) is 10.9. The van der Waals surface area contributed by atoms with E-state index in [2.05, 4.69) is 22.0 Å². The highest BCUT2D eigenvalue weighted by molar-refractivity contribution is 9.10. The summed E-state index contributed by atoms with van der Waals surface area (Å²) in [4.78, 5) is 0. The first-order valence-corrected chi connectivity index (χ1v) is 7.07. The van der Waals surface area contributed by atoms with Crippen molar-refractivity contribution in [2.45, 2.75) is 0 Å². The summed E-state index contributed by atoms with van der Waals surface area (Å²) in [5.41, 5.74) is 2.33. The second-order valence-electron chi connectivity index (χ2n) is 4.27. The Morgan fingerprint density at radius 3 is 2.43 bits per heavy atom. The maximum absolute atomic E-state index is 9.35. The molecule has 0 N–H and O–H groups in total. The Labute approximate surface area is 132 Å². The molecule has 0 atom stereocenters. The van der Waals surface area contributed by atoms with Crippen molar-refractivity contribution >= 4 is 27.6 Å². The predicted octanol–water partition coefficient (Wildman–Crippen LogP) is 4.53. The van der Waals surface area contributed by atoms with Gasteiger partial charge in [-0.3, -0.25) is 0 Å². The fraction of sp³-hybridized carbons (Fsp3) is 0.118. The van der Waals surface area contributed by atoms with Crippen LogP contribution in [0.3, 0.4) is 0 Å². The van der Waals surface area contributed by atoms with E-state index in [9.17, 15) is 5.26 Å². The highest BCUT2D eigenvalue weighted by atomic mass is 79.9. The number of methoxy groups -OCH3 is 2. The van der Waals surface area contributed by atoms with Gasteiger partial charge in [0.05, 0.1) is 30.3 Å². The zero-order chi connectivity index (χ0) is 15.2. The van der Waals surface area contributed by atoms with E-state index in [-0.39, 0.29) is 0 Å². The van der Waals surface area contributed by atoms with Crippen LogP contribution in [-0.4, -0.2) is 14.2 Å². The number of allylic oxidation sites excluding steroid dienone is 1. The van der Waals surface area contributed by atoms with Gasteiger partial charge >= 0.3 is 0 Å². The minimum Gasteiger partial charge on any atom is -0.493 e. The van der Waals surface area contributed by atoms with Gasteiger partial charge in [0.15, 0.2) is 11.5 Å². The third-order valence-electron chi connectivity index (χ3n) is 2.97. The van der Waals surface area contributed by atoms with Gasteiger partial charge in [0.25, 0.3) is 0 Å². The van der Waals surface area contributed by atoms with Crippen molar-refractivity contribution in [3.8, 4) is 17.6 Å². The molecule has 0 unspecified atom stereocenters. The standard InChI is InChI=1S/C17H14BrNO2/c1-20-16-10-12(9-15(18)17(16)21-2)8-14(11-19)13-6-4-3-5-7-13/h3-10H,1-2H3/b14-8-. The number of nitriles is 1. The highest BCUT2D eigenvalue weighted by Crippen LogP contribution is 2.37. The number of halogens is 1. The molecule has 0 aliphatic heterocycles. The zero-order valence-electron chi connectivity index (χ0n) is 11.8. The van der Waals surface area contributed by atoms with Crippen molar-refractivity contribution in [1.29, 1.82) is 5.26 Å². The van der Waals surface area contributed by atoms with Crippen molar-refractivity contribution in [3.05, 3.63) is 58.1 Å². The largest absolute Gasteiger partial charge is 0.493 e. The quantitative estimate of drug-likeness (QED) is 0.604. The van der Waals surface area contributed by atoms with E-state index < -0.39 is 0 Å². The van der Waals surface area contributed by atoms with Gasteiger partial charge in [-0.1, -0.05) is 30.3 Å². The Morgan fingerprint density at radius 1 is 1.14 bits per heavy atom. The van der Waals surface area contributed by atoms with Crippen LogP contribution in [0.5, 0.6) is 11.5 Å². The van der Waals surface area contributed by atoms with Crippen LogP contribution in [0, 0.1) is 11.3 Å². The van der Waals surface area contributed by atoms with Crippen LogP contribution in [0.25, 0.3) is 11.6 Å². The lowest BCUT2D eigenvalue weighted by Gasteiger charge is -2.10. The minimum absolute atomic E-state index is 0.592. The monoisotopic (exact) mass is 343 g/mol. The molecule has 0 aliphatic rings. The van der Waals surface area contributed by atoms with Gasteiger partial charge in [0, 0.05) is 0 Å². The molecule has 2 aromatic carbocycles. The topological polar surface area (TPSA) is 42.2 Å². The third kappa shape index (κ3) is 3.45. The Balaban J connectivity index is 2.49. The second kappa shape index (κ2) is 6.96. The second-order valence-corrected chi connectivity index (χ2v) is 5.13. The molecular formula is C17H14BrNO2. The minimum atomic E-state index is 0.592. The predicted molar refractivity (Wildman–Crippen MR) is 87.2 cm³/mol. The Kier molecular flexibility index (Phi) is 5.02. The molecule has 0 bridgehead atoms. The molecule has 0 fully saturated rings. The van der Waals surface area contributed by atoms with Gasteiger partial charge in [-0.15, -0.1) is 0 Å². The lowest BCUT2D eigenvalue weighted by Crippen LogP contribution is -1.92. The van der Waals surface area contributed by atoms with Gasteiger partial charge in [-0.2, -0.15) is 5.26 Å². The molecule has 21 heavy (non-hydrogen) atoms. The van der Waals surface area contributed by atoms with E-state index in [0.29, 0.717) is 17.1 Å². The lowest BCUT2D eigenvalue weighted by atomic mass is 10.0. The molecule has 2 rings (SSSR count). The zero-order valence-corrected chi connectivity index (χ0v) is 13.3. The van der Waals surface area contributed by atoms with Crippen LogP contribution in [-0.2, 0) is 0 Å². The molecule has 4 heteroatoms. The molecule has 0 radical (unpaired) electrons. The number of nitrogens with zero attached hydrogens (tertiary/aromatic N) is 1. The van der Waals surface area contributed by atoms with Crippen LogP contribution >= 0.6 is 15.9 Å². The number of rotatable bonds is 4. The summed E-state index contributed by atoms with van der Waals surface area (Å²) in [5.74, 6) is 1.25. The van der Waals surface area contributed by atoms with Crippen LogP contribution in [0.2, 0.25) is 0 Å². The number of hydrogen-bond donors (Lipinski definition) is 0. The molecule has 0 aromatic heterocycles. The molecule has 3 nitrogen and oxygen atoms in total. The molecule has 0 saturated carbocycles. The molecule has 0 amide bonds. The van der Waals surface area contributed by atoms with Crippen molar-refractivity contribution in [2.24, 2.45) is 0 Å². The van der Waals surface area contributed by atoms with Gasteiger partial charge in [0.2, 0.25) is 0 Å². The fourth-order valence-corrected chi connectivity index (χ4v) is 2.61. The van der Waals surface area contributed by atoms with Crippen LogP contribution in [0.1, 0.15) is 11.1 Å². The molecular weight excluding hydrogens is 330 g/mol. The van der Waals surface area contributed by atoms with Gasteiger partial charge in [-0.25, -0.2) is 0 Å². The van der Waals surface area contributed by atoms with Crippen molar-refractivity contribution in [2.75, 3.05) is 14.2 Å². The molecule has 0 heterocycles. The summed E-state index contributed by atoms with van der Waals surface area (Å²) in [5, 5.41) is 9.35. The van der Waals surface area contributed by atoms with Crippen LogP contribution < -0.4 is 9.47 Å². The van der Waals surface area contributed by atoms with Gasteiger partial charge in [-0.05, 0) is 45.3 Å². The van der Waals surface area contributed by atoms with E-state index in [1.165, 1.54) is 0 Å². The smallest absolute Gasteiger partial charge is 0.174 e. The maximum atomic E-state index is 9.35. The van der Waals surface area contributed by atoms with E-state index >= 15 is 0 Å². The maximum Gasteiger partial charge on any atom is 0.174 e. The van der Waals surface area contributed by atoms with Crippen LogP contribution in [0.15, 0.2) is 46.9 Å². The Hall–Kier alpha value is -2.25. The summed E-state index contributed by atoms with van der Waals surface area (Å²) in [6.07, 6.45) is 1.82. The molecule has 106 valence electrons. The Bertz CT molecular complexity index is 703. The summed E-state index contributed by atoms with van der Waals surface area (Å²) in [7, 11) is 3.17. The summed E-state index contributed by atoms with van der Waals surface area (Å²) in [6.45, 7) is 0. The lowest BCUT2D eigenvalue weighted by molar-refractivity contribution is 0.353. The number of hydrogen-bond acceptors (Lipinski definition) is 3. The van der Waals surface area contributed by atoms with Gasteiger partial charge < -0.3 is 9.47 Å². The summed E-state index contributed by atoms with van der Waals surface area (Å²) < 4.78 is 11.4. The third-order valence-corrected chi connectivity index (χ3v) is 3.56. The number of benzene rings is 2. The van der Waals surface area contributed by atoms with Crippen molar-refractivity contribution in [3.63, 3.8) is 0 Å².